The number of hydrogen-bond acceptors (Lipinski definition) is 3. The van der Waals surface area contributed by atoms with Gasteiger partial charge in [0, 0.05) is 5.92 Å². The predicted molar refractivity (Wildman–Crippen MR) is 49.7 cm³/mol. The Bertz CT molecular complexity index is 319. The predicted octanol–water partition coefficient (Wildman–Crippen LogP) is 2.88. The fraction of sp³-hybridized carbons (Fsp3) is 0.778. The summed E-state index contributed by atoms with van der Waals surface area (Å²) in [5.74, 6) is 1.77. The van der Waals surface area contributed by atoms with E-state index in [1.54, 1.807) is 0 Å². The first-order valence-electron chi connectivity index (χ1n) is 4.48. The summed E-state index contributed by atoms with van der Waals surface area (Å²) in [4.78, 5) is 4.26. The topological polar surface area (TPSA) is 38.9 Å². The van der Waals surface area contributed by atoms with E-state index < -0.39 is 0 Å². The molecule has 1 aliphatic carbocycles. The van der Waals surface area contributed by atoms with Crippen molar-refractivity contribution in [1.29, 1.82) is 0 Å². The standard InChI is InChI=1S/C9H13ClN2O/c1-5(10)7-11-8(13-12-7)6-4-9(6,2)3/h5-6H,4H2,1-3H3. The fourth-order valence-corrected chi connectivity index (χ4v) is 1.53. The van der Waals surface area contributed by atoms with Crippen LogP contribution in [-0.2, 0) is 0 Å². The number of rotatable bonds is 2. The van der Waals surface area contributed by atoms with E-state index in [0.717, 1.165) is 12.3 Å². The van der Waals surface area contributed by atoms with Crippen molar-refractivity contribution >= 4 is 11.6 Å². The molecule has 1 heterocycles. The number of alkyl halides is 1. The third-order valence-corrected chi connectivity index (χ3v) is 2.82. The summed E-state index contributed by atoms with van der Waals surface area (Å²) in [5.41, 5.74) is 0.333. The molecule has 1 aromatic heterocycles. The molecule has 0 radical (unpaired) electrons. The van der Waals surface area contributed by atoms with Crippen molar-refractivity contribution < 1.29 is 4.52 Å². The minimum Gasteiger partial charge on any atom is -0.339 e. The van der Waals surface area contributed by atoms with Crippen molar-refractivity contribution in [3.63, 3.8) is 0 Å². The van der Waals surface area contributed by atoms with Gasteiger partial charge in [-0.1, -0.05) is 19.0 Å². The summed E-state index contributed by atoms with van der Waals surface area (Å²) >= 11 is 5.83. The Morgan fingerprint density at radius 2 is 2.23 bits per heavy atom. The highest BCUT2D eigenvalue weighted by atomic mass is 35.5. The van der Waals surface area contributed by atoms with Gasteiger partial charge >= 0.3 is 0 Å². The molecule has 2 rings (SSSR count). The van der Waals surface area contributed by atoms with Crippen LogP contribution in [0.2, 0.25) is 0 Å². The van der Waals surface area contributed by atoms with Crippen LogP contribution >= 0.6 is 11.6 Å². The molecule has 0 aromatic carbocycles. The number of nitrogens with zero attached hydrogens (tertiary/aromatic N) is 2. The maximum Gasteiger partial charge on any atom is 0.230 e. The second-order valence-electron chi connectivity index (χ2n) is 4.35. The molecule has 0 N–H and O–H groups in total. The zero-order chi connectivity index (χ0) is 9.64. The Hall–Kier alpha value is -0.570. The van der Waals surface area contributed by atoms with E-state index >= 15 is 0 Å². The lowest BCUT2D eigenvalue weighted by Crippen LogP contribution is -1.91. The van der Waals surface area contributed by atoms with E-state index in [4.69, 9.17) is 16.1 Å². The van der Waals surface area contributed by atoms with Crippen LogP contribution < -0.4 is 0 Å². The smallest absolute Gasteiger partial charge is 0.230 e. The number of halogens is 1. The molecule has 0 amide bonds. The Labute approximate surface area is 82.5 Å². The lowest BCUT2D eigenvalue weighted by Gasteiger charge is -1.95. The molecular formula is C9H13ClN2O. The molecule has 1 saturated carbocycles. The number of aromatic nitrogens is 2. The van der Waals surface area contributed by atoms with Crippen LogP contribution in [0.25, 0.3) is 0 Å². The maximum atomic E-state index is 5.83. The highest BCUT2D eigenvalue weighted by molar-refractivity contribution is 6.20. The van der Waals surface area contributed by atoms with Gasteiger partial charge in [0.05, 0.1) is 5.38 Å². The molecule has 1 fully saturated rings. The quantitative estimate of drug-likeness (QED) is 0.690. The lowest BCUT2D eigenvalue weighted by molar-refractivity contribution is 0.363. The molecule has 0 aliphatic heterocycles. The van der Waals surface area contributed by atoms with Gasteiger partial charge in [0.15, 0.2) is 5.82 Å². The molecule has 4 heteroatoms. The minimum absolute atomic E-state index is 0.167. The van der Waals surface area contributed by atoms with Crippen LogP contribution in [0, 0.1) is 5.41 Å². The van der Waals surface area contributed by atoms with E-state index in [-0.39, 0.29) is 5.38 Å². The Kier molecular flexibility index (Phi) is 1.88. The Morgan fingerprint density at radius 1 is 1.62 bits per heavy atom. The van der Waals surface area contributed by atoms with E-state index in [1.165, 1.54) is 0 Å². The van der Waals surface area contributed by atoms with Crippen LogP contribution in [0.1, 0.15) is 50.2 Å². The van der Waals surface area contributed by atoms with Crippen LogP contribution in [0.3, 0.4) is 0 Å². The highest BCUT2D eigenvalue weighted by Crippen LogP contribution is 2.58. The molecule has 72 valence electrons. The molecule has 0 spiro atoms. The zero-order valence-electron chi connectivity index (χ0n) is 8.04. The first-order chi connectivity index (χ1) is 6.00. The normalized spacial score (nSPS) is 27.2. The minimum atomic E-state index is -0.167. The number of hydrogen-bond donors (Lipinski definition) is 0. The average Bonchev–Trinajstić information content (AvgIpc) is 2.50. The average molecular weight is 201 g/mol. The van der Waals surface area contributed by atoms with Crippen molar-refractivity contribution in [2.75, 3.05) is 0 Å². The van der Waals surface area contributed by atoms with Crippen LogP contribution in [-0.4, -0.2) is 10.1 Å². The summed E-state index contributed by atoms with van der Waals surface area (Å²) in [7, 11) is 0. The molecule has 1 aliphatic rings. The third kappa shape index (κ3) is 1.57. The van der Waals surface area contributed by atoms with Crippen molar-refractivity contribution in [3.05, 3.63) is 11.7 Å². The van der Waals surface area contributed by atoms with Crippen molar-refractivity contribution in [1.82, 2.24) is 10.1 Å². The summed E-state index contributed by atoms with van der Waals surface area (Å²) < 4.78 is 5.14. The second kappa shape index (κ2) is 2.71. The Balaban J connectivity index is 2.16. The fourth-order valence-electron chi connectivity index (χ4n) is 1.44. The first-order valence-corrected chi connectivity index (χ1v) is 4.92. The Morgan fingerprint density at radius 3 is 2.62 bits per heavy atom. The van der Waals surface area contributed by atoms with Crippen LogP contribution in [0.5, 0.6) is 0 Å². The molecule has 0 bridgehead atoms. The van der Waals surface area contributed by atoms with Gasteiger partial charge < -0.3 is 4.52 Å². The summed E-state index contributed by atoms with van der Waals surface area (Å²) in [6.45, 7) is 6.24. The van der Waals surface area contributed by atoms with Crippen molar-refractivity contribution in [2.45, 2.75) is 38.5 Å². The zero-order valence-corrected chi connectivity index (χ0v) is 8.80. The van der Waals surface area contributed by atoms with Crippen LogP contribution in [0.4, 0.5) is 0 Å². The van der Waals surface area contributed by atoms with Gasteiger partial charge in [0.25, 0.3) is 0 Å². The van der Waals surface area contributed by atoms with Gasteiger partial charge in [0.1, 0.15) is 0 Å². The van der Waals surface area contributed by atoms with Crippen molar-refractivity contribution in [3.8, 4) is 0 Å². The molecular weight excluding hydrogens is 188 g/mol. The second-order valence-corrected chi connectivity index (χ2v) is 5.01. The lowest BCUT2D eigenvalue weighted by atomic mass is 10.1. The monoisotopic (exact) mass is 200 g/mol. The SMILES string of the molecule is CC(Cl)c1noc(C2CC2(C)C)n1. The van der Waals surface area contributed by atoms with E-state index in [2.05, 4.69) is 24.0 Å². The van der Waals surface area contributed by atoms with E-state index in [1.807, 2.05) is 6.92 Å². The molecule has 3 nitrogen and oxygen atoms in total. The highest BCUT2D eigenvalue weighted by Gasteiger charge is 2.50. The summed E-state index contributed by atoms with van der Waals surface area (Å²) in [6.07, 6.45) is 1.13. The van der Waals surface area contributed by atoms with E-state index in [9.17, 15) is 0 Å². The summed E-state index contributed by atoms with van der Waals surface area (Å²) in [6, 6.07) is 0. The van der Waals surface area contributed by atoms with Gasteiger partial charge in [0.2, 0.25) is 5.89 Å². The largest absolute Gasteiger partial charge is 0.339 e. The molecule has 2 atom stereocenters. The van der Waals surface area contributed by atoms with Gasteiger partial charge in [-0.05, 0) is 18.8 Å². The van der Waals surface area contributed by atoms with Gasteiger partial charge in [-0.3, -0.25) is 0 Å². The first kappa shape index (κ1) is 9.00. The van der Waals surface area contributed by atoms with Gasteiger partial charge in [-0.15, -0.1) is 11.6 Å². The molecule has 0 saturated heterocycles. The van der Waals surface area contributed by atoms with Crippen molar-refractivity contribution in [2.24, 2.45) is 5.41 Å². The van der Waals surface area contributed by atoms with Gasteiger partial charge in [-0.2, -0.15) is 4.98 Å². The van der Waals surface area contributed by atoms with Crippen LogP contribution in [0.15, 0.2) is 4.52 Å². The van der Waals surface area contributed by atoms with Gasteiger partial charge in [-0.25, -0.2) is 0 Å². The molecule has 13 heavy (non-hydrogen) atoms. The maximum absolute atomic E-state index is 5.83. The third-order valence-electron chi connectivity index (χ3n) is 2.62. The van der Waals surface area contributed by atoms with E-state index in [0.29, 0.717) is 17.2 Å². The summed E-state index contributed by atoms with van der Waals surface area (Å²) in [5, 5.41) is 3.66. The molecule has 1 aromatic rings. The molecule has 2 unspecified atom stereocenters.